The predicted octanol–water partition coefficient (Wildman–Crippen LogP) is 1.18. The van der Waals surface area contributed by atoms with Crippen molar-refractivity contribution in [2.24, 2.45) is 0 Å². The third kappa shape index (κ3) is 3.08. The molecule has 1 aliphatic carbocycles. The topological polar surface area (TPSA) is 32.3 Å². The highest BCUT2D eigenvalue weighted by atomic mass is 16.1. The fourth-order valence-electron chi connectivity index (χ4n) is 2.84. The number of hydrogen-bond donors (Lipinski definition) is 1. The van der Waals surface area contributed by atoms with Crippen LogP contribution in [-0.4, -0.2) is 43.7 Å². The highest BCUT2D eigenvalue weighted by Crippen LogP contribution is 2.34. The maximum absolute atomic E-state index is 10.4. The van der Waals surface area contributed by atoms with Crippen molar-refractivity contribution in [3.63, 3.8) is 0 Å². The monoisotopic (exact) mass is 221 g/mol. The molecule has 0 bridgehead atoms. The van der Waals surface area contributed by atoms with Gasteiger partial charge < -0.3 is 14.9 Å². The summed E-state index contributed by atoms with van der Waals surface area (Å²) in [6.07, 6.45) is 9.94. The van der Waals surface area contributed by atoms with Crippen molar-refractivity contribution >= 4 is 13.6 Å². The van der Waals surface area contributed by atoms with Crippen molar-refractivity contribution in [3.8, 4) is 0 Å². The summed E-state index contributed by atoms with van der Waals surface area (Å²) in [5.74, 6) is 0. The van der Waals surface area contributed by atoms with Gasteiger partial charge in [-0.05, 0) is 58.2 Å². The number of nitrogens with zero attached hydrogens (tertiary/aromatic N) is 1. The van der Waals surface area contributed by atoms with Crippen LogP contribution in [0, 0.1) is 0 Å². The van der Waals surface area contributed by atoms with E-state index in [0.717, 1.165) is 6.19 Å². The summed E-state index contributed by atoms with van der Waals surface area (Å²) in [4.78, 5) is 12.9. The minimum Gasteiger partial charge on any atom is -0.349 e. The largest absolute Gasteiger partial charge is 0.349 e. The molecular weight excluding hydrogens is 199 g/mol. The summed E-state index contributed by atoms with van der Waals surface area (Å²) in [5.41, 5.74) is 0.248. The fourth-order valence-corrected chi connectivity index (χ4v) is 2.84. The Morgan fingerprint density at radius 1 is 1.19 bits per heavy atom. The lowest BCUT2D eigenvalue weighted by molar-refractivity contribution is 0.152. The molecule has 0 amide bonds. The van der Waals surface area contributed by atoms with Gasteiger partial charge >= 0.3 is 0 Å². The maximum Gasteiger partial charge on any atom is 0.290 e. The lowest BCUT2D eigenvalue weighted by Gasteiger charge is -2.44. The van der Waals surface area contributed by atoms with Gasteiger partial charge in [0, 0.05) is 5.54 Å². The molecule has 0 atom stereocenters. The lowest BCUT2D eigenvalue weighted by atomic mass is 9.71. The Balaban J connectivity index is 1.71. The molecule has 2 fully saturated rings. The molecular formula is C12H22BN2O. The van der Waals surface area contributed by atoms with Gasteiger partial charge in [-0.2, -0.15) is 0 Å². The molecule has 2 aliphatic rings. The van der Waals surface area contributed by atoms with E-state index in [1.165, 1.54) is 64.6 Å². The molecule has 1 saturated heterocycles. The Morgan fingerprint density at radius 3 is 2.50 bits per heavy atom. The first kappa shape index (κ1) is 12.1. The zero-order valence-corrected chi connectivity index (χ0v) is 10.1. The Labute approximate surface area is 99.2 Å². The van der Waals surface area contributed by atoms with E-state index in [4.69, 9.17) is 0 Å². The minimum atomic E-state index is 0.248. The van der Waals surface area contributed by atoms with Crippen molar-refractivity contribution < 1.29 is 4.79 Å². The zero-order chi connectivity index (χ0) is 11.3. The Bertz CT molecular complexity index is 225. The number of carbonyl (C=O) groups excluding carboxylic acids is 1. The summed E-state index contributed by atoms with van der Waals surface area (Å²) in [5, 5.41) is 3.30. The van der Waals surface area contributed by atoms with Gasteiger partial charge in [0.25, 0.3) is 7.41 Å². The molecule has 0 aromatic carbocycles. The second-order valence-electron chi connectivity index (χ2n) is 5.23. The van der Waals surface area contributed by atoms with Gasteiger partial charge in [0.15, 0.2) is 0 Å². The summed E-state index contributed by atoms with van der Waals surface area (Å²) in [6, 6.07) is 0. The van der Waals surface area contributed by atoms with E-state index in [9.17, 15) is 4.79 Å². The van der Waals surface area contributed by atoms with Crippen LogP contribution in [-0.2, 0) is 4.79 Å². The average Bonchev–Trinajstić information content (AvgIpc) is 2.29. The summed E-state index contributed by atoms with van der Waals surface area (Å²) in [6.45, 7) is 3.74. The first-order valence-electron chi connectivity index (χ1n) is 6.62. The number of hydrogen-bond acceptors (Lipinski definition) is 3. The van der Waals surface area contributed by atoms with Crippen LogP contribution in [0.15, 0.2) is 0 Å². The van der Waals surface area contributed by atoms with Gasteiger partial charge in [0.1, 0.15) is 0 Å². The van der Waals surface area contributed by atoms with Crippen molar-refractivity contribution in [3.05, 3.63) is 0 Å². The first-order valence-corrected chi connectivity index (χ1v) is 6.62. The molecule has 1 saturated carbocycles. The van der Waals surface area contributed by atoms with Gasteiger partial charge in [-0.3, -0.25) is 0 Å². The van der Waals surface area contributed by atoms with Crippen LogP contribution in [0.5, 0.6) is 0 Å². The zero-order valence-electron chi connectivity index (χ0n) is 10.1. The molecule has 0 spiro atoms. The summed E-state index contributed by atoms with van der Waals surface area (Å²) in [7, 11) is 1.58. The summed E-state index contributed by atoms with van der Waals surface area (Å²) < 4.78 is 0. The molecule has 2 rings (SSSR count). The van der Waals surface area contributed by atoms with E-state index in [0.29, 0.717) is 0 Å². The first-order chi connectivity index (χ1) is 7.85. The Kier molecular flexibility index (Phi) is 4.41. The number of rotatable bonds is 6. The van der Waals surface area contributed by atoms with Crippen molar-refractivity contribution in [1.29, 1.82) is 0 Å². The van der Waals surface area contributed by atoms with Crippen LogP contribution in [0.2, 0.25) is 0 Å². The molecule has 4 heteroatoms. The number of likely N-dealkylation sites (tertiary alicyclic amines) is 1. The Hall–Kier alpha value is -0.345. The minimum absolute atomic E-state index is 0.248. The van der Waals surface area contributed by atoms with Crippen LogP contribution in [0.3, 0.4) is 0 Å². The molecule has 1 radical (unpaired) electrons. The fraction of sp³-hybridized carbons (Fsp3) is 0.917. The van der Waals surface area contributed by atoms with Crippen LogP contribution < -0.4 is 5.23 Å². The molecule has 1 N–H and O–H groups in total. The molecule has 89 valence electrons. The Morgan fingerprint density at radius 2 is 1.94 bits per heavy atom. The molecule has 1 heterocycles. The van der Waals surface area contributed by atoms with Gasteiger partial charge in [-0.1, -0.05) is 6.42 Å². The molecule has 3 nitrogen and oxygen atoms in total. The second kappa shape index (κ2) is 5.83. The highest BCUT2D eigenvalue weighted by molar-refractivity contribution is 6.64. The van der Waals surface area contributed by atoms with E-state index in [-0.39, 0.29) is 5.54 Å². The van der Waals surface area contributed by atoms with Gasteiger partial charge in [0.2, 0.25) is 0 Å². The molecule has 0 unspecified atom stereocenters. The normalized spacial score (nSPS) is 24.8. The standard InChI is InChI=1S/C12H22BN2O/c16-11-13-14-12(5-4-6-12)7-10-15-8-2-1-3-9-15/h11,14H,1-10H2. The third-order valence-electron chi connectivity index (χ3n) is 4.12. The molecule has 0 aromatic rings. The van der Waals surface area contributed by atoms with Crippen molar-refractivity contribution in [2.75, 3.05) is 19.6 Å². The number of carbonyl (C=O) groups is 1. The van der Waals surface area contributed by atoms with Gasteiger partial charge in [-0.15, -0.1) is 0 Å². The van der Waals surface area contributed by atoms with Crippen molar-refractivity contribution in [1.82, 2.24) is 10.1 Å². The lowest BCUT2D eigenvalue weighted by Crippen LogP contribution is -2.54. The van der Waals surface area contributed by atoms with Crippen LogP contribution in [0.4, 0.5) is 0 Å². The SMILES string of the molecule is O=C[B]NC1(CCN2CCCCC2)CCC1. The van der Waals surface area contributed by atoms with Crippen molar-refractivity contribution in [2.45, 2.75) is 50.5 Å². The highest BCUT2D eigenvalue weighted by Gasteiger charge is 2.35. The number of piperidine rings is 1. The van der Waals surface area contributed by atoms with E-state index >= 15 is 0 Å². The predicted molar refractivity (Wildman–Crippen MR) is 67.1 cm³/mol. The van der Waals surface area contributed by atoms with Gasteiger partial charge in [0.05, 0.1) is 6.19 Å². The smallest absolute Gasteiger partial charge is 0.290 e. The van der Waals surface area contributed by atoms with Gasteiger partial charge in [-0.25, -0.2) is 0 Å². The second-order valence-corrected chi connectivity index (χ2v) is 5.23. The van der Waals surface area contributed by atoms with Crippen LogP contribution in [0.25, 0.3) is 0 Å². The van der Waals surface area contributed by atoms with Crippen LogP contribution >= 0.6 is 0 Å². The summed E-state index contributed by atoms with van der Waals surface area (Å²) >= 11 is 0. The number of nitrogens with one attached hydrogen (secondary N) is 1. The van der Waals surface area contributed by atoms with E-state index in [1.54, 1.807) is 7.41 Å². The van der Waals surface area contributed by atoms with E-state index in [1.807, 2.05) is 0 Å². The van der Waals surface area contributed by atoms with E-state index in [2.05, 4.69) is 10.1 Å². The van der Waals surface area contributed by atoms with Crippen LogP contribution in [0.1, 0.15) is 44.9 Å². The maximum atomic E-state index is 10.4. The average molecular weight is 221 g/mol. The molecule has 16 heavy (non-hydrogen) atoms. The third-order valence-corrected chi connectivity index (χ3v) is 4.12. The van der Waals surface area contributed by atoms with E-state index < -0.39 is 0 Å². The molecule has 1 aliphatic heterocycles. The quantitative estimate of drug-likeness (QED) is 0.540. The molecule has 0 aromatic heterocycles.